The van der Waals surface area contributed by atoms with Gasteiger partial charge in [0.25, 0.3) is 0 Å². The zero-order valence-electron chi connectivity index (χ0n) is 11.7. The Morgan fingerprint density at radius 2 is 1.80 bits per heavy atom. The first-order valence-corrected chi connectivity index (χ1v) is 7.69. The number of furan rings is 1. The van der Waals surface area contributed by atoms with Crippen molar-refractivity contribution in [1.82, 2.24) is 5.32 Å². The van der Waals surface area contributed by atoms with Gasteiger partial charge < -0.3 is 9.73 Å². The van der Waals surface area contributed by atoms with Crippen LogP contribution >= 0.6 is 23.2 Å². The molecule has 4 heteroatoms. The first-order valence-electron chi connectivity index (χ1n) is 6.93. The van der Waals surface area contributed by atoms with Crippen LogP contribution < -0.4 is 5.32 Å². The number of rotatable bonds is 6. The summed E-state index contributed by atoms with van der Waals surface area (Å²) in [6.45, 7) is 5.28. The third-order valence-corrected chi connectivity index (χ3v) is 3.60. The molecule has 0 saturated heterocycles. The topological polar surface area (TPSA) is 25.2 Å². The van der Waals surface area contributed by atoms with E-state index in [1.807, 2.05) is 24.3 Å². The van der Waals surface area contributed by atoms with Gasteiger partial charge in [0, 0.05) is 15.6 Å². The number of halogens is 2. The summed E-state index contributed by atoms with van der Waals surface area (Å²) >= 11 is 12.1. The summed E-state index contributed by atoms with van der Waals surface area (Å²) in [7, 11) is 0. The highest BCUT2D eigenvalue weighted by Crippen LogP contribution is 2.30. The fourth-order valence-electron chi connectivity index (χ4n) is 2.16. The number of hydrogen-bond acceptors (Lipinski definition) is 2. The summed E-state index contributed by atoms with van der Waals surface area (Å²) in [5.41, 5.74) is 0.902. The fraction of sp³-hybridized carbons (Fsp3) is 0.375. The average molecular weight is 312 g/mol. The van der Waals surface area contributed by atoms with Gasteiger partial charge in [-0.25, -0.2) is 0 Å². The van der Waals surface area contributed by atoms with E-state index in [4.69, 9.17) is 27.6 Å². The van der Waals surface area contributed by atoms with Crippen molar-refractivity contribution in [3.63, 3.8) is 0 Å². The van der Waals surface area contributed by atoms with Crippen molar-refractivity contribution in [3.8, 4) is 11.3 Å². The molecule has 0 fully saturated rings. The summed E-state index contributed by atoms with van der Waals surface area (Å²) in [5.74, 6) is 1.74. The Bertz CT molecular complexity index is 545. The first-order chi connectivity index (χ1) is 9.63. The van der Waals surface area contributed by atoms with Crippen LogP contribution in [0.15, 0.2) is 34.7 Å². The number of hydrogen-bond donors (Lipinski definition) is 1. The second-order valence-corrected chi connectivity index (χ2v) is 5.65. The molecule has 108 valence electrons. The monoisotopic (exact) mass is 311 g/mol. The van der Waals surface area contributed by atoms with Crippen molar-refractivity contribution in [2.24, 2.45) is 0 Å². The van der Waals surface area contributed by atoms with E-state index in [-0.39, 0.29) is 6.04 Å². The predicted molar refractivity (Wildman–Crippen MR) is 85.5 cm³/mol. The van der Waals surface area contributed by atoms with E-state index in [0.717, 1.165) is 36.5 Å². The van der Waals surface area contributed by atoms with Crippen molar-refractivity contribution in [2.75, 3.05) is 6.54 Å². The molecule has 0 aliphatic carbocycles. The van der Waals surface area contributed by atoms with Crippen molar-refractivity contribution in [2.45, 2.75) is 32.7 Å². The Kier molecular flexibility index (Phi) is 5.53. The third-order valence-electron chi connectivity index (χ3n) is 3.17. The minimum Gasteiger partial charge on any atom is -0.459 e. The molecule has 0 aliphatic rings. The van der Waals surface area contributed by atoms with Gasteiger partial charge in [-0.05, 0) is 49.7 Å². The van der Waals surface area contributed by atoms with Crippen LogP contribution in [0.3, 0.4) is 0 Å². The zero-order valence-corrected chi connectivity index (χ0v) is 13.3. The van der Waals surface area contributed by atoms with Crippen molar-refractivity contribution in [1.29, 1.82) is 0 Å². The third kappa shape index (κ3) is 3.78. The van der Waals surface area contributed by atoms with Gasteiger partial charge in [-0.1, -0.05) is 37.0 Å². The van der Waals surface area contributed by atoms with Crippen LogP contribution in [0.2, 0.25) is 10.0 Å². The summed E-state index contributed by atoms with van der Waals surface area (Å²) in [6, 6.07) is 9.66. The molecule has 0 aliphatic heterocycles. The highest BCUT2D eigenvalue weighted by molar-refractivity contribution is 6.35. The molecule has 1 N–H and O–H groups in total. The van der Waals surface area contributed by atoms with E-state index in [9.17, 15) is 0 Å². The molecule has 2 nitrogen and oxygen atoms in total. The van der Waals surface area contributed by atoms with E-state index in [1.165, 1.54) is 0 Å². The van der Waals surface area contributed by atoms with E-state index >= 15 is 0 Å². The summed E-state index contributed by atoms with van der Waals surface area (Å²) in [6.07, 6.45) is 2.09. The van der Waals surface area contributed by atoms with E-state index < -0.39 is 0 Å². The Hall–Kier alpha value is -0.960. The maximum atomic E-state index is 6.03. The number of benzene rings is 1. The van der Waals surface area contributed by atoms with E-state index in [2.05, 4.69) is 19.2 Å². The summed E-state index contributed by atoms with van der Waals surface area (Å²) in [5, 5.41) is 4.70. The van der Waals surface area contributed by atoms with E-state index in [1.54, 1.807) is 6.07 Å². The maximum absolute atomic E-state index is 6.03. The average Bonchev–Trinajstić information content (AvgIpc) is 2.88. The second-order valence-electron chi connectivity index (χ2n) is 4.78. The lowest BCUT2D eigenvalue weighted by atomic mass is 10.1. The second kappa shape index (κ2) is 7.16. The molecule has 2 rings (SSSR count). The SMILES string of the molecule is CCCNC(CC)c1ccc(-c2cc(Cl)cc(Cl)c2)o1. The lowest BCUT2D eigenvalue weighted by Crippen LogP contribution is -2.20. The molecular weight excluding hydrogens is 293 g/mol. The Morgan fingerprint density at radius 1 is 1.10 bits per heavy atom. The standard InChI is InChI=1S/C16H19Cl2NO/c1-3-7-19-14(4-2)16-6-5-15(20-16)11-8-12(17)10-13(18)9-11/h5-6,8-10,14,19H,3-4,7H2,1-2H3. The fourth-order valence-corrected chi connectivity index (χ4v) is 2.68. The zero-order chi connectivity index (χ0) is 14.5. The molecule has 0 saturated carbocycles. The van der Waals surface area contributed by atoms with Crippen molar-refractivity contribution < 1.29 is 4.42 Å². The predicted octanol–water partition coefficient (Wildman–Crippen LogP) is 5.70. The van der Waals surface area contributed by atoms with Crippen LogP contribution in [0, 0.1) is 0 Å². The van der Waals surface area contributed by atoms with Gasteiger partial charge in [0.15, 0.2) is 0 Å². The Morgan fingerprint density at radius 3 is 2.40 bits per heavy atom. The van der Waals surface area contributed by atoms with Crippen LogP contribution in [0.25, 0.3) is 11.3 Å². The molecule has 1 aromatic carbocycles. The molecule has 0 bridgehead atoms. The molecule has 1 atom stereocenters. The van der Waals surface area contributed by atoms with Gasteiger partial charge in [-0.15, -0.1) is 0 Å². The van der Waals surface area contributed by atoms with Crippen LogP contribution in [0.4, 0.5) is 0 Å². The molecule has 2 aromatic rings. The van der Waals surface area contributed by atoms with E-state index in [0.29, 0.717) is 10.0 Å². The summed E-state index contributed by atoms with van der Waals surface area (Å²) in [4.78, 5) is 0. The van der Waals surface area contributed by atoms with Gasteiger partial charge in [-0.2, -0.15) is 0 Å². The molecule has 0 amide bonds. The first kappa shape index (κ1) is 15.4. The molecular formula is C16H19Cl2NO. The normalized spacial score (nSPS) is 12.6. The quantitative estimate of drug-likeness (QED) is 0.739. The van der Waals surface area contributed by atoms with Crippen molar-refractivity contribution in [3.05, 3.63) is 46.1 Å². The molecule has 20 heavy (non-hydrogen) atoms. The Balaban J connectivity index is 2.23. The molecule has 1 unspecified atom stereocenters. The summed E-state index contributed by atoms with van der Waals surface area (Å²) < 4.78 is 5.95. The van der Waals surface area contributed by atoms with Crippen LogP contribution in [-0.4, -0.2) is 6.54 Å². The lowest BCUT2D eigenvalue weighted by Gasteiger charge is -2.13. The number of nitrogens with one attached hydrogen (secondary N) is 1. The van der Waals surface area contributed by atoms with Gasteiger partial charge in [0.05, 0.1) is 6.04 Å². The van der Waals surface area contributed by atoms with Gasteiger partial charge in [-0.3, -0.25) is 0 Å². The molecule has 1 heterocycles. The van der Waals surface area contributed by atoms with Crippen molar-refractivity contribution >= 4 is 23.2 Å². The van der Waals surface area contributed by atoms with Crippen LogP contribution in [-0.2, 0) is 0 Å². The highest BCUT2D eigenvalue weighted by atomic mass is 35.5. The molecule has 0 spiro atoms. The molecule has 1 aromatic heterocycles. The smallest absolute Gasteiger partial charge is 0.134 e. The van der Waals surface area contributed by atoms with Crippen LogP contribution in [0.5, 0.6) is 0 Å². The van der Waals surface area contributed by atoms with Gasteiger partial charge >= 0.3 is 0 Å². The highest BCUT2D eigenvalue weighted by Gasteiger charge is 2.14. The van der Waals surface area contributed by atoms with Crippen LogP contribution in [0.1, 0.15) is 38.5 Å². The minimum atomic E-state index is 0.248. The van der Waals surface area contributed by atoms with Gasteiger partial charge in [0.1, 0.15) is 11.5 Å². The molecule has 0 radical (unpaired) electrons. The largest absolute Gasteiger partial charge is 0.459 e. The maximum Gasteiger partial charge on any atom is 0.134 e. The minimum absolute atomic E-state index is 0.248. The lowest BCUT2D eigenvalue weighted by molar-refractivity contribution is 0.411. The van der Waals surface area contributed by atoms with Gasteiger partial charge in [0.2, 0.25) is 0 Å². The Labute approximate surface area is 130 Å².